The molecule has 0 bridgehead atoms. The topological polar surface area (TPSA) is 29.1 Å². The Hall–Kier alpha value is -0.810. The van der Waals surface area contributed by atoms with Gasteiger partial charge < -0.3 is 5.32 Å². The van der Waals surface area contributed by atoms with Gasteiger partial charge in [-0.25, -0.2) is 8.78 Å². The van der Waals surface area contributed by atoms with Crippen LogP contribution in [0.4, 0.5) is 8.78 Å². The van der Waals surface area contributed by atoms with E-state index >= 15 is 0 Å². The van der Waals surface area contributed by atoms with Crippen molar-refractivity contribution in [3.63, 3.8) is 0 Å². The van der Waals surface area contributed by atoms with Gasteiger partial charge in [-0.1, -0.05) is 13.8 Å². The molecule has 0 radical (unpaired) electrons. The molecule has 0 aromatic heterocycles. The molecule has 17 heavy (non-hydrogen) atoms. The van der Waals surface area contributed by atoms with Gasteiger partial charge >= 0.3 is 0 Å². The highest BCUT2D eigenvalue weighted by Gasteiger charge is 2.15. The molecule has 0 saturated heterocycles. The lowest BCUT2D eigenvalue weighted by Crippen LogP contribution is -2.30. The Bertz CT molecular complexity index is 421. The van der Waals surface area contributed by atoms with E-state index in [9.17, 15) is 13.6 Å². The molecule has 0 aliphatic carbocycles. The van der Waals surface area contributed by atoms with Crippen molar-refractivity contribution in [3.8, 4) is 0 Å². The van der Waals surface area contributed by atoms with Gasteiger partial charge in [-0.2, -0.15) is 0 Å². The minimum Gasteiger partial charge on any atom is -0.308 e. The molecule has 1 aromatic rings. The average Bonchev–Trinajstić information content (AvgIpc) is 2.27. The van der Waals surface area contributed by atoms with Crippen LogP contribution in [0.5, 0.6) is 0 Å². The summed E-state index contributed by atoms with van der Waals surface area (Å²) >= 11 is 2.96. The molecule has 5 heteroatoms. The van der Waals surface area contributed by atoms with Crippen LogP contribution in [0.15, 0.2) is 16.6 Å². The Balaban J connectivity index is 2.74. The molecule has 0 fully saturated rings. The number of hydrogen-bond donors (Lipinski definition) is 1. The molecule has 0 saturated carbocycles. The van der Waals surface area contributed by atoms with E-state index in [1.807, 2.05) is 13.8 Å². The first-order valence-corrected chi connectivity index (χ1v) is 6.08. The maximum absolute atomic E-state index is 13.6. The van der Waals surface area contributed by atoms with Gasteiger partial charge in [-0.05, 0) is 28.1 Å². The molecule has 0 unspecified atom stereocenters. The van der Waals surface area contributed by atoms with Gasteiger partial charge in [0.05, 0.1) is 11.0 Å². The summed E-state index contributed by atoms with van der Waals surface area (Å²) in [5.74, 6) is -1.64. The van der Waals surface area contributed by atoms with Gasteiger partial charge in [0.2, 0.25) is 0 Å². The Morgan fingerprint density at radius 2 is 2.06 bits per heavy atom. The number of benzene rings is 1. The van der Waals surface area contributed by atoms with Crippen LogP contribution in [-0.2, 0) is 11.2 Å². The number of rotatable bonds is 5. The van der Waals surface area contributed by atoms with E-state index in [0.717, 1.165) is 6.07 Å². The third kappa shape index (κ3) is 4.16. The largest absolute Gasteiger partial charge is 0.308 e. The van der Waals surface area contributed by atoms with Crippen molar-refractivity contribution in [2.75, 3.05) is 6.54 Å². The van der Waals surface area contributed by atoms with Gasteiger partial charge in [0.25, 0.3) is 0 Å². The van der Waals surface area contributed by atoms with Crippen LogP contribution in [0.1, 0.15) is 19.4 Å². The van der Waals surface area contributed by atoms with Gasteiger partial charge in [-0.15, -0.1) is 0 Å². The molecule has 0 amide bonds. The molecule has 1 rings (SSSR count). The molecule has 0 aliphatic heterocycles. The minimum atomic E-state index is -0.706. The van der Waals surface area contributed by atoms with Crippen molar-refractivity contribution in [2.45, 2.75) is 26.3 Å². The maximum atomic E-state index is 13.6. The van der Waals surface area contributed by atoms with E-state index in [0.29, 0.717) is 0 Å². The molecule has 0 atom stereocenters. The lowest BCUT2D eigenvalue weighted by Gasteiger charge is -2.08. The van der Waals surface area contributed by atoms with Crippen LogP contribution in [0.2, 0.25) is 0 Å². The molecule has 0 aliphatic rings. The highest BCUT2D eigenvalue weighted by atomic mass is 79.9. The molecule has 1 aromatic carbocycles. The standard InChI is InChI=1S/C12H14BrF2NO/c1-7(2)16-6-8(17)5-9-11(14)4-3-10(13)12(9)15/h3-4,7,16H,5-6H2,1-2H3. The van der Waals surface area contributed by atoms with Crippen molar-refractivity contribution < 1.29 is 13.6 Å². The number of Topliss-reactive ketones (excluding diaryl/α,β-unsaturated/α-hetero) is 1. The fraction of sp³-hybridized carbons (Fsp3) is 0.417. The van der Waals surface area contributed by atoms with Crippen molar-refractivity contribution in [1.82, 2.24) is 5.32 Å². The van der Waals surface area contributed by atoms with Crippen molar-refractivity contribution in [2.24, 2.45) is 0 Å². The highest BCUT2D eigenvalue weighted by Crippen LogP contribution is 2.22. The van der Waals surface area contributed by atoms with Gasteiger partial charge in [-0.3, -0.25) is 4.79 Å². The van der Waals surface area contributed by atoms with Crippen LogP contribution in [0.3, 0.4) is 0 Å². The average molecular weight is 306 g/mol. The zero-order valence-corrected chi connectivity index (χ0v) is 11.3. The van der Waals surface area contributed by atoms with Crippen LogP contribution in [-0.4, -0.2) is 18.4 Å². The van der Waals surface area contributed by atoms with Crippen LogP contribution >= 0.6 is 15.9 Å². The molecule has 1 N–H and O–H groups in total. The number of hydrogen-bond acceptors (Lipinski definition) is 2. The Kier molecular flexibility index (Phi) is 5.21. The molecule has 94 valence electrons. The summed E-state index contributed by atoms with van der Waals surface area (Å²) < 4.78 is 27.1. The summed E-state index contributed by atoms with van der Waals surface area (Å²) in [5.41, 5.74) is -0.185. The lowest BCUT2D eigenvalue weighted by atomic mass is 10.1. The van der Waals surface area contributed by atoms with Crippen molar-refractivity contribution in [1.29, 1.82) is 0 Å². The number of ketones is 1. The fourth-order valence-corrected chi connectivity index (χ4v) is 1.68. The third-order valence-electron chi connectivity index (χ3n) is 2.22. The summed E-state index contributed by atoms with van der Waals surface area (Å²) in [7, 11) is 0. The number of carbonyl (C=O) groups is 1. The molecular weight excluding hydrogens is 292 g/mol. The van der Waals surface area contributed by atoms with Crippen LogP contribution in [0, 0.1) is 11.6 Å². The molecule has 2 nitrogen and oxygen atoms in total. The van der Waals surface area contributed by atoms with E-state index in [4.69, 9.17) is 0 Å². The van der Waals surface area contributed by atoms with E-state index in [1.54, 1.807) is 0 Å². The zero-order chi connectivity index (χ0) is 13.0. The molecule has 0 spiro atoms. The van der Waals surface area contributed by atoms with E-state index < -0.39 is 11.6 Å². The second-order valence-electron chi connectivity index (χ2n) is 4.07. The van der Waals surface area contributed by atoms with E-state index in [2.05, 4.69) is 21.2 Å². The Morgan fingerprint density at radius 1 is 1.41 bits per heavy atom. The van der Waals surface area contributed by atoms with Crippen molar-refractivity contribution >= 4 is 21.7 Å². The predicted octanol–water partition coefficient (Wildman–Crippen LogP) is 2.84. The summed E-state index contributed by atoms with van der Waals surface area (Å²) in [6, 6.07) is 2.59. The first-order chi connectivity index (χ1) is 7.91. The second kappa shape index (κ2) is 6.21. The fourth-order valence-electron chi connectivity index (χ4n) is 1.31. The quantitative estimate of drug-likeness (QED) is 0.848. The Morgan fingerprint density at radius 3 is 2.65 bits per heavy atom. The smallest absolute Gasteiger partial charge is 0.151 e. The normalized spacial score (nSPS) is 10.9. The summed E-state index contributed by atoms with van der Waals surface area (Å²) in [6.07, 6.45) is -0.239. The second-order valence-corrected chi connectivity index (χ2v) is 4.93. The number of carbonyl (C=O) groups excluding carboxylic acids is 1. The van der Waals surface area contributed by atoms with E-state index in [1.165, 1.54) is 6.07 Å². The van der Waals surface area contributed by atoms with Crippen molar-refractivity contribution in [3.05, 3.63) is 33.8 Å². The molecule has 0 heterocycles. The van der Waals surface area contributed by atoms with Crippen LogP contribution in [0.25, 0.3) is 0 Å². The SMILES string of the molecule is CC(C)NCC(=O)Cc1c(F)ccc(Br)c1F. The van der Waals surface area contributed by atoms with Gasteiger partial charge in [0, 0.05) is 18.0 Å². The maximum Gasteiger partial charge on any atom is 0.151 e. The highest BCUT2D eigenvalue weighted by molar-refractivity contribution is 9.10. The molecular formula is C12H14BrF2NO. The lowest BCUT2D eigenvalue weighted by molar-refractivity contribution is -0.117. The van der Waals surface area contributed by atoms with Crippen LogP contribution < -0.4 is 5.32 Å². The van der Waals surface area contributed by atoms with Gasteiger partial charge in [0.15, 0.2) is 5.78 Å². The summed E-state index contributed by atoms with van der Waals surface area (Å²) in [4.78, 5) is 11.5. The van der Waals surface area contributed by atoms with Gasteiger partial charge in [0.1, 0.15) is 11.6 Å². The zero-order valence-electron chi connectivity index (χ0n) is 9.69. The Labute approximate surface area is 108 Å². The minimum absolute atomic E-state index is 0.114. The number of halogens is 3. The first-order valence-electron chi connectivity index (χ1n) is 5.29. The summed E-state index contributed by atoms with van der Waals surface area (Å²) in [6.45, 7) is 3.91. The number of nitrogens with one attached hydrogen (secondary N) is 1. The third-order valence-corrected chi connectivity index (χ3v) is 2.83. The predicted molar refractivity (Wildman–Crippen MR) is 65.9 cm³/mol. The first kappa shape index (κ1) is 14.3. The summed E-state index contributed by atoms with van der Waals surface area (Å²) in [5, 5.41) is 2.91. The monoisotopic (exact) mass is 305 g/mol. The van der Waals surface area contributed by atoms with E-state index in [-0.39, 0.29) is 34.8 Å².